The monoisotopic (exact) mass is 913 g/mol. The van der Waals surface area contributed by atoms with Crippen molar-refractivity contribution in [3.8, 4) is 23.7 Å². The third-order valence-corrected chi connectivity index (χ3v) is 13.2. The minimum Gasteiger partial charge on any atom is -0.444 e. The highest BCUT2D eigenvalue weighted by molar-refractivity contribution is 5.92. The van der Waals surface area contributed by atoms with Crippen molar-refractivity contribution in [2.24, 2.45) is 23.7 Å². The molecule has 0 unspecified atom stereocenters. The van der Waals surface area contributed by atoms with E-state index >= 15 is 0 Å². The van der Waals surface area contributed by atoms with E-state index in [0.717, 1.165) is 59.5 Å². The average Bonchev–Trinajstić information content (AvgIpc) is 4.08. The Morgan fingerprint density at radius 2 is 1.18 bits per heavy atom. The minimum atomic E-state index is -0.776. The van der Waals surface area contributed by atoms with Crippen LogP contribution >= 0.6 is 0 Å². The zero-order valence-electron chi connectivity index (χ0n) is 41.4. The lowest BCUT2D eigenvalue weighted by Gasteiger charge is -2.31. The van der Waals surface area contributed by atoms with Gasteiger partial charge in [-0.05, 0) is 113 Å². The molecule has 2 aromatic carbocycles. The van der Waals surface area contributed by atoms with Crippen LogP contribution in [-0.2, 0) is 49.8 Å². The standard InChI is InChI=1S/C55H72N6O6/c1-36(2)46(33-49(62)39(7)56-54(66)67-55(8,9)10)52(64)60-29-19-21-42(60)31-40-34-58(47-25-15-13-23-44(40)47)27-17-11-12-18-28-59-35-41(45-24-14-16-26-48(45)59)32-43-22-20-30-61(43)53(65)50(37(3)4)57-51(63)38(5)6/h13-16,23-26,34-39,42-43,46,50H,19-22,27-33H2,1-10H3,(H,56,66)(H,57,63)/t39-,42-,43-,46-,50-/m0/s1. The van der Waals surface area contributed by atoms with Crippen molar-refractivity contribution in [2.45, 2.75) is 157 Å². The maximum atomic E-state index is 14.2. The van der Waals surface area contributed by atoms with Crippen molar-refractivity contribution >= 4 is 51.4 Å². The van der Waals surface area contributed by atoms with Crippen molar-refractivity contribution < 1.29 is 28.7 Å². The maximum absolute atomic E-state index is 14.2. The lowest BCUT2D eigenvalue weighted by Crippen LogP contribution is -2.53. The summed E-state index contributed by atoms with van der Waals surface area (Å²) in [4.78, 5) is 70.3. The number of para-hydroxylation sites is 2. The largest absolute Gasteiger partial charge is 0.444 e. The van der Waals surface area contributed by atoms with Gasteiger partial charge in [-0.1, -0.05) is 89.8 Å². The summed E-state index contributed by atoms with van der Waals surface area (Å²) in [5.74, 6) is 11.6. The van der Waals surface area contributed by atoms with E-state index in [9.17, 15) is 24.0 Å². The van der Waals surface area contributed by atoms with Gasteiger partial charge in [-0.25, -0.2) is 4.79 Å². The summed E-state index contributed by atoms with van der Waals surface area (Å²) >= 11 is 0. The highest BCUT2D eigenvalue weighted by atomic mass is 16.6. The second kappa shape index (κ2) is 22.2. The van der Waals surface area contributed by atoms with E-state index in [-0.39, 0.29) is 59.8 Å². The smallest absolute Gasteiger partial charge is 0.408 e. The van der Waals surface area contributed by atoms with Gasteiger partial charge in [0.15, 0.2) is 5.78 Å². The van der Waals surface area contributed by atoms with Crippen LogP contribution in [-0.4, -0.2) is 91.4 Å². The number of amides is 4. The Bertz CT molecular complexity index is 2550. The molecule has 2 aromatic heterocycles. The topological polar surface area (TPSA) is 135 Å². The van der Waals surface area contributed by atoms with Crippen LogP contribution in [0.4, 0.5) is 4.79 Å². The van der Waals surface area contributed by atoms with Crippen molar-refractivity contribution in [1.82, 2.24) is 29.6 Å². The zero-order chi connectivity index (χ0) is 48.6. The number of alkyl carbamates (subject to hydrolysis) is 1. The van der Waals surface area contributed by atoms with Gasteiger partial charge in [-0.15, -0.1) is 0 Å². The molecule has 4 aromatic rings. The number of ether oxygens (including phenoxy) is 1. The van der Waals surface area contributed by atoms with Crippen LogP contribution in [0.1, 0.15) is 112 Å². The summed E-state index contributed by atoms with van der Waals surface area (Å²) in [6, 6.07) is 15.3. The SMILES string of the molecule is CC(C)C(=O)N[C@H](C(=O)N1CCC[C@H]1Cc1cn(CC#CC#CCn2cc(C[C@@H]3CCCN3C(=O)[C@@H](CC(=O)[C@H](C)NC(=O)OC(C)(C)C)C(C)C)c3ccccc32)c2ccccc12)C(C)C. The van der Waals surface area contributed by atoms with Crippen molar-refractivity contribution in [2.75, 3.05) is 13.1 Å². The molecule has 2 fully saturated rings. The van der Waals surface area contributed by atoms with Crippen LogP contribution in [0.2, 0.25) is 0 Å². The predicted octanol–water partition coefficient (Wildman–Crippen LogP) is 8.31. The highest BCUT2D eigenvalue weighted by Crippen LogP contribution is 2.32. The number of Topliss-reactive ketones (excluding diaryl/α,β-unsaturated/α-hetero) is 1. The molecule has 5 atom stereocenters. The first-order valence-electron chi connectivity index (χ1n) is 24.4. The minimum absolute atomic E-state index is 0.000853. The lowest BCUT2D eigenvalue weighted by atomic mass is 9.87. The Kier molecular flexibility index (Phi) is 16.7. The third-order valence-electron chi connectivity index (χ3n) is 13.2. The number of rotatable bonds is 16. The molecule has 0 bridgehead atoms. The van der Waals surface area contributed by atoms with Crippen LogP contribution in [0, 0.1) is 47.4 Å². The maximum Gasteiger partial charge on any atom is 0.408 e. The van der Waals surface area contributed by atoms with E-state index in [1.165, 1.54) is 5.56 Å². The van der Waals surface area contributed by atoms with Gasteiger partial charge in [-0.3, -0.25) is 19.2 Å². The Morgan fingerprint density at radius 1 is 0.687 bits per heavy atom. The number of fused-ring (bicyclic) bond motifs is 2. The molecule has 0 radical (unpaired) electrons. The number of hydrogen-bond acceptors (Lipinski definition) is 6. The molecule has 12 nitrogen and oxygen atoms in total. The Hall–Kier alpha value is -6.01. The lowest BCUT2D eigenvalue weighted by molar-refractivity contribution is -0.140. The molecular weight excluding hydrogens is 841 g/mol. The molecule has 2 aliphatic rings. The number of hydrogen-bond donors (Lipinski definition) is 2. The molecule has 2 saturated heterocycles. The number of likely N-dealkylation sites (tertiary alicyclic amines) is 2. The van der Waals surface area contributed by atoms with Crippen LogP contribution in [0.25, 0.3) is 21.8 Å². The summed E-state index contributed by atoms with van der Waals surface area (Å²) in [5.41, 5.74) is 3.80. The van der Waals surface area contributed by atoms with E-state index in [0.29, 0.717) is 32.6 Å². The van der Waals surface area contributed by atoms with Gasteiger partial charge in [0.2, 0.25) is 17.7 Å². The van der Waals surface area contributed by atoms with E-state index < -0.39 is 29.7 Å². The van der Waals surface area contributed by atoms with E-state index in [4.69, 9.17) is 4.74 Å². The molecule has 6 rings (SSSR count). The Balaban J connectivity index is 1.10. The molecule has 0 spiro atoms. The molecule has 2 aliphatic heterocycles. The number of aromatic nitrogens is 2. The van der Waals surface area contributed by atoms with Gasteiger partial charge < -0.3 is 34.3 Å². The highest BCUT2D eigenvalue weighted by Gasteiger charge is 2.38. The predicted molar refractivity (Wildman–Crippen MR) is 265 cm³/mol. The summed E-state index contributed by atoms with van der Waals surface area (Å²) in [6.07, 6.45) is 8.76. The first-order chi connectivity index (χ1) is 31.8. The summed E-state index contributed by atoms with van der Waals surface area (Å²) in [5, 5.41) is 7.93. The second-order valence-corrected chi connectivity index (χ2v) is 20.5. The van der Waals surface area contributed by atoms with Gasteiger partial charge in [0.25, 0.3) is 0 Å². The Morgan fingerprint density at radius 3 is 1.64 bits per heavy atom. The Labute approximate surface area is 397 Å². The fourth-order valence-electron chi connectivity index (χ4n) is 9.55. The van der Waals surface area contributed by atoms with Crippen molar-refractivity contribution in [3.63, 3.8) is 0 Å². The number of benzene rings is 2. The van der Waals surface area contributed by atoms with E-state index in [2.05, 4.69) is 80.1 Å². The normalized spacial score (nSPS) is 17.6. The first-order valence-corrected chi connectivity index (χ1v) is 24.4. The fraction of sp³-hybridized carbons (Fsp3) is 0.545. The number of ketones is 1. The quantitative estimate of drug-likeness (QED) is 0.109. The number of carbonyl (C=O) groups excluding carboxylic acids is 5. The first kappa shape index (κ1) is 50.4. The van der Waals surface area contributed by atoms with Gasteiger partial charge in [-0.2, -0.15) is 0 Å². The van der Waals surface area contributed by atoms with Crippen LogP contribution in [0.3, 0.4) is 0 Å². The molecule has 12 heteroatoms. The third kappa shape index (κ3) is 12.7. The van der Waals surface area contributed by atoms with Crippen molar-refractivity contribution in [1.29, 1.82) is 0 Å². The van der Waals surface area contributed by atoms with Crippen LogP contribution in [0.15, 0.2) is 60.9 Å². The average molecular weight is 913 g/mol. The van der Waals surface area contributed by atoms with Crippen LogP contribution < -0.4 is 10.6 Å². The summed E-state index contributed by atoms with van der Waals surface area (Å²) in [7, 11) is 0. The molecular formula is C55H72N6O6. The molecule has 0 saturated carbocycles. The van der Waals surface area contributed by atoms with Crippen LogP contribution in [0.5, 0.6) is 0 Å². The van der Waals surface area contributed by atoms with Gasteiger partial charge in [0, 0.05) is 77.6 Å². The molecule has 0 aliphatic carbocycles. The fourth-order valence-corrected chi connectivity index (χ4v) is 9.55. The molecule has 4 heterocycles. The number of nitrogens with zero attached hydrogens (tertiary/aromatic N) is 4. The number of carbonyl (C=O) groups is 5. The van der Waals surface area contributed by atoms with Gasteiger partial charge >= 0.3 is 6.09 Å². The van der Waals surface area contributed by atoms with E-state index in [1.54, 1.807) is 27.7 Å². The zero-order valence-corrected chi connectivity index (χ0v) is 41.4. The van der Waals surface area contributed by atoms with Crippen molar-refractivity contribution in [3.05, 3.63) is 72.1 Å². The molecule has 358 valence electrons. The number of nitrogens with one attached hydrogen (secondary N) is 2. The molecule has 4 amide bonds. The van der Waals surface area contributed by atoms with E-state index in [1.807, 2.05) is 75.6 Å². The molecule has 2 N–H and O–H groups in total. The van der Waals surface area contributed by atoms with Gasteiger partial charge in [0.1, 0.15) is 11.6 Å². The van der Waals surface area contributed by atoms with Gasteiger partial charge in [0.05, 0.1) is 19.1 Å². The second-order valence-electron chi connectivity index (χ2n) is 20.5. The summed E-state index contributed by atoms with van der Waals surface area (Å²) < 4.78 is 9.65. The summed E-state index contributed by atoms with van der Waals surface area (Å²) in [6.45, 7) is 20.8. The molecule has 67 heavy (non-hydrogen) atoms.